The Kier molecular flexibility index (Phi) is 3.98. The van der Waals surface area contributed by atoms with Crippen LogP contribution in [0.4, 0.5) is 10.1 Å². The second kappa shape index (κ2) is 5.51. The highest BCUT2D eigenvalue weighted by atomic mass is 19.1. The van der Waals surface area contributed by atoms with Gasteiger partial charge in [0.15, 0.2) is 0 Å². The van der Waals surface area contributed by atoms with Gasteiger partial charge in [-0.15, -0.1) is 0 Å². The number of amides is 1. The van der Waals surface area contributed by atoms with Crippen LogP contribution < -0.4 is 4.90 Å². The monoisotopic (exact) mass is 263 g/mol. The van der Waals surface area contributed by atoms with Crippen LogP contribution in [-0.4, -0.2) is 18.2 Å². The van der Waals surface area contributed by atoms with Gasteiger partial charge in [0.25, 0.3) is 11.7 Å². The van der Waals surface area contributed by atoms with Crippen LogP contribution in [0.3, 0.4) is 0 Å². The second-order valence-electron chi connectivity index (χ2n) is 4.97. The number of Topliss-reactive ketones (excluding diaryl/α,β-unsaturated/α-hetero) is 1. The number of carbonyl (C=O) groups is 2. The van der Waals surface area contributed by atoms with Crippen LogP contribution in [0.1, 0.15) is 48.5 Å². The lowest BCUT2D eigenvalue weighted by atomic mass is 10.1. The quantitative estimate of drug-likeness (QED) is 0.604. The molecule has 1 amide bonds. The molecule has 0 aliphatic carbocycles. The molecule has 1 aromatic rings. The molecule has 19 heavy (non-hydrogen) atoms. The smallest absolute Gasteiger partial charge is 0.299 e. The van der Waals surface area contributed by atoms with Crippen molar-refractivity contribution in [2.75, 3.05) is 11.4 Å². The molecule has 0 saturated heterocycles. The van der Waals surface area contributed by atoms with Crippen molar-refractivity contribution in [3.63, 3.8) is 0 Å². The predicted molar refractivity (Wildman–Crippen MR) is 72.0 cm³/mol. The van der Waals surface area contributed by atoms with E-state index >= 15 is 0 Å². The second-order valence-corrected chi connectivity index (χ2v) is 4.97. The SMILES string of the molecule is CCCCCCN1C(=O)C(=O)c2cc(F)cc(C)c21. The van der Waals surface area contributed by atoms with E-state index in [0.29, 0.717) is 17.8 Å². The molecule has 1 aliphatic rings. The van der Waals surface area contributed by atoms with Crippen molar-refractivity contribution in [1.29, 1.82) is 0 Å². The standard InChI is InChI=1S/C15H18FNO2/c1-3-4-5-6-7-17-13-10(2)8-11(16)9-12(13)14(18)15(17)19/h8-9H,3-7H2,1-2H3. The molecule has 1 aliphatic heterocycles. The molecule has 1 aromatic carbocycles. The van der Waals surface area contributed by atoms with Gasteiger partial charge in [-0.25, -0.2) is 4.39 Å². The van der Waals surface area contributed by atoms with Crippen molar-refractivity contribution in [2.45, 2.75) is 39.5 Å². The van der Waals surface area contributed by atoms with Gasteiger partial charge in [-0.1, -0.05) is 26.2 Å². The van der Waals surface area contributed by atoms with E-state index in [1.54, 1.807) is 6.92 Å². The Morgan fingerprint density at radius 1 is 1.16 bits per heavy atom. The summed E-state index contributed by atoms with van der Waals surface area (Å²) < 4.78 is 13.3. The van der Waals surface area contributed by atoms with E-state index < -0.39 is 17.5 Å². The Hall–Kier alpha value is -1.71. The predicted octanol–water partition coefficient (Wildman–Crippen LogP) is 3.24. The summed E-state index contributed by atoms with van der Waals surface area (Å²) in [5.74, 6) is -1.58. The van der Waals surface area contributed by atoms with Gasteiger partial charge in [-0.2, -0.15) is 0 Å². The van der Waals surface area contributed by atoms with Crippen LogP contribution in [0.15, 0.2) is 12.1 Å². The number of unbranched alkanes of at least 4 members (excludes halogenated alkanes) is 3. The van der Waals surface area contributed by atoms with Crippen LogP contribution in [-0.2, 0) is 4.79 Å². The zero-order valence-corrected chi connectivity index (χ0v) is 11.3. The first-order valence-corrected chi connectivity index (χ1v) is 6.72. The minimum Gasteiger partial charge on any atom is -0.304 e. The lowest BCUT2D eigenvalue weighted by molar-refractivity contribution is -0.114. The summed E-state index contributed by atoms with van der Waals surface area (Å²) >= 11 is 0. The van der Waals surface area contributed by atoms with Gasteiger partial charge >= 0.3 is 0 Å². The molecule has 0 aromatic heterocycles. The van der Waals surface area contributed by atoms with E-state index in [1.807, 2.05) is 0 Å². The molecule has 1 heterocycles. The first-order valence-electron chi connectivity index (χ1n) is 6.72. The van der Waals surface area contributed by atoms with Gasteiger partial charge < -0.3 is 4.90 Å². The minimum absolute atomic E-state index is 0.206. The van der Waals surface area contributed by atoms with Crippen molar-refractivity contribution in [1.82, 2.24) is 0 Å². The van der Waals surface area contributed by atoms with E-state index in [4.69, 9.17) is 0 Å². The number of fused-ring (bicyclic) bond motifs is 1. The summed E-state index contributed by atoms with van der Waals surface area (Å²) in [6.07, 6.45) is 4.13. The molecular formula is C15H18FNO2. The molecule has 102 valence electrons. The van der Waals surface area contributed by atoms with Crippen molar-refractivity contribution in [3.05, 3.63) is 29.1 Å². The van der Waals surface area contributed by atoms with E-state index in [2.05, 4.69) is 6.92 Å². The summed E-state index contributed by atoms with van der Waals surface area (Å²) in [7, 11) is 0. The average Bonchev–Trinajstić information content (AvgIpc) is 2.60. The molecule has 0 unspecified atom stereocenters. The Labute approximate surface area is 112 Å². The van der Waals surface area contributed by atoms with E-state index in [-0.39, 0.29) is 5.56 Å². The molecule has 4 heteroatoms. The number of aryl methyl sites for hydroxylation is 1. The first-order chi connectivity index (χ1) is 9.06. The Morgan fingerprint density at radius 3 is 2.58 bits per heavy atom. The number of benzene rings is 1. The summed E-state index contributed by atoms with van der Waals surface area (Å²) in [4.78, 5) is 25.3. The maximum Gasteiger partial charge on any atom is 0.299 e. The maximum absolute atomic E-state index is 13.3. The molecule has 0 bridgehead atoms. The zero-order chi connectivity index (χ0) is 14.0. The third-order valence-electron chi connectivity index (χ3n) is 3.45. The van der Waals surface area contributed by atoms with Gasteiger partial charge in [0, 0.05) is 6.54 Å². The number of nitrogens with zero attached hydrogens (tertiary/aromatic N) is 1. The normalized spacial score (nSPS) is 14.2. The van der Waals surface area contributed by atoms with Gasteiger partial charge in [-0.05, 0) is 31.0 Å². The topological polar surface area (TPSA) is 37.4 Å². The Balaban J connectivity index is 2.23. The fraction of sp³-hybridized carbons (Fsp3) is 0.467. The third-order valence-corrected chi connectivity index (χ3v) is 3.45. The molecule has 0 fully saturated rings. The average molecular weight is 263 g/mol. The van der Waals surface area contributed by atoms with E-state index in [1.165, 1.54) is 11.0 Å². The highest BCUT2D eigenvalue weighted by molar-refractivity contribution is 6.52. The van der Waals surface area contributed by atoms with Gasteiger partial charge in [0.2, 0.25) is 0 Å². The van der Waals surface area contributed by atoms with Crippen molar-refractivity contribution < 1.29 is 14.0 Å². The number of ketones is 1. The summed E-state index contributed by atoms with van der Waals surface area (Å²) in [5, 5.41) is 0. The van der Waals surface area contributed by atoms with E-state index in [0.717, 1.165) is 31.7 Å². The van der Waals surface area contributed by atoms with Crippen LogP contribution in [0.5, 0.6) is 0 Å². The molecule has 3 nitrogen and oxygen atoms in total. The molecule has 0 saturated carbocycles. The van der Waals surface area contributed by atoms with Crippen LogP contribution in [0, 0.1) is 12.7 Å². The minimum atomic E-state index is -0.590. The summed E-state index contributed by atoms with van der Waals surface area (Å²) in [6.45, 7) is 4.38. The van der Waals surface area contributed by atoms with E-state index in [9.17, 15) is 14.0 Å². The van der Waals surface area contributed by atoms with Crippen LogP contribution >= 0.6 is 0 Å². The number of rotatable bonds is 5. The highest BCUT2D eigenvalue weighted by Gasteiger charge is 2.36. The number of anilines is 1. The Morgan fingerprint density at radius 2 is 1.89 bits per heavy atom. The first kappa shape index (κ1) is 13.7. The van der Waals surface area contributed by atoms with Gasteiger partial charge in [0.05, 0.1) is 11.3 Å². The molecular weight excluding hydrogens is 245 g/mol. The number of hydrogen-bond acceptors (Lipinski definition) is 2. The number of carbonyl (C=O) groups excluding carboxylic acids is 2. The van der Waals surface area contributed by atoms with Crippen LogP contribution in [0.2, 0.25) is 0 Å². The van der Waals surface area contributed by atoms with Crippen molar-refractivity contribution in [2.24, 2.45) is 0 Å². The fourth-order valence-electron chi connectivity index (χ4n) is 2.52. The molecule has 0 radical (unpaired) electrons. The highest BCUT2D eigenvalue weighted by Crippen LogP contribution is 2.33. The van der Waals surface area contributed by atoms with Crippen LogP contribution in [0.25, 0.3) is 0 Å². The van der Waals surface area contributed by atoms with Crippen molar-refractivity contribution >= 4 is 17.4 Å². The molecule has 0 N–H and O–H groups in total. The summed E-state index contributed by atoms with van der Waals surface area (Å²) in [5.41, 5.74) is 1.44. The number of hydrogen-bond donors (Lipinski definition) is 0. The third kappa shape index (κ3) is 2.53. The van der Waals surface area contributed by atoms with Gasteiger partial charge in [0.1, 0.15) is 5.82 Å². The Bertz CT molecular complexity index is 525. The van der Waals surface area contributed by atoms with Crippen molar-refractivity contribution in [3.8, 4) is 0 Å². The van der Waals surface area contributed by atoms with Gasteiger partial charge in [-0.3, -0.25) is 9.59 Å². The molecule has 2 rings (SSSR count). The lowest BCUT2D eigenvalue weighted by Gasteiger charge is -2.18. The maximum atomic E-state index is 13.3. The zero-order valence-electron chi connectivity index (χ0n) is 11.3. The molecule has 0 atom stereocenters. The largest absolute Gasteiger partial charge is 0.304 e. The number of halogens is 1. The fourth-order valence-corrected chi connectivity index (χ4v) is 2.52. The molecule has 0 spiro atoms. The summed E-state index contributed by atoms with van der Waals surface area (Å²) in [6, 6.07) is 2.53. The lowest BCUT2D eigenvalue weighted by Crippen LogP contribution is -2.31.